The van der Waals surface area contributed by atoms with Crippen LogP contribution in [0, 0.1) is 0 Å². The molecule has 5 nitrogen and oxygen atoms in total. The van der Waals surface area contributed by atoms with Gasteiger partial charge in [0.15, 0.2) is 11.5 Å². The molecule has 2 heterocycles. The van der Waals surface area contributed by atoms with E-state index in [0.717, 1.165) is 30.5 Å². The van der Waals surface area contributed by atoms with Crippen LogP contribution in [0.15, 0.2) is 48.7 Å². The number of carbonyl (C=O) groups is 1. The number of alkyl halides is 6. The SMILES string of the molecule is O=C(NCc1ccc(C(F)(F)F)cc1)c1cnn(-c2cccc(Cl)n2)c1C(F)(F)F. The Kier molecular flexibility index (Phi) is 5.75. The number of amides is 1. The lowest BCUT2D eigenvalue weighted by Gasteiger charge is -2.12. The quantitative estimate of drug-likeness (QED) is 0.457. The fraction of sp³-hybridized carbons (Fsp3) is 0.167. The molecule has 3 aromatic rings. The zero-order valence-corrected chi connectivity index (χ0v) is 15.5. The molecular weight excluding hydrogens is 438 g/mol. The third-order valence-corrected chi connectivity index (χ3v) is 4.14. The molecule has 0 saturated heterocycles. The first-order valence-corrected chi connectivity index (χ1v) is 8.57. The Morgan fingerprint density at radius 1 is 1.00 bits per heavy atom. The number of nitrogens with zero attached hydrogens (tertiary/aromatic N) is 3. The molecule has 0 aliphatic rings. The summed E-state index contributed by atoms with van der Waals surface area (Å²) >= 11 is 5.70. The van der Waals surface area contributed by atoms with Crippen LogP contribution < -0.4 is 5.32 Å². The number of pyridine rings is 1. The molecule has 0 radical (unpaired) electrons. The van der Waals surface area contributed by atoms with Crippen LogP contribution in [-0.2, 0) is 18.9 Å². The van der Waals surface area contributed by atoms with Gasteiger partial charge in [0.05, 0.1) is 17.3 Å². The minimum Gasteiger partial charge on any atom is -0.348 e. The van der Waals surface area contributed by atoms with Crippen LogP contribution in [0.25, 0.3) is 5.82 Å². The topological polar surface area (TPSA) is 59.8 Å². The Morgan fingerprint density at radius 3 is 2.23 bits per heavy atom. The van der Waals surface area contributed by atoms with Crippen molar-refractivity contribution in [3.63, 3.8) is 0 Å². The number of hydrogen-bond acceptors (Lipinski definition) is 3. The highest BCUT2D eigenvalue weighted by molar-refractivity contribution is 6.29. The second-order valence-electron chi connectivity index (χ2n) is 6.01. The van der Waals surface area contributed by atoms with Crippen LogP contribution in [0.1, 0.15) is 27.2 Å². The van der Waals surface area contributed by atoms with Gasteiger partial charge in [-0.1, -0.05) is 29.8 Å². The lowest BCUT2D eigenvalue weighted by Crippen LogP contribution is -2.26. The first-order valence-electron chi connectivity index (χ1n) is 8.19. The van der Waals surface area contributed by atoms with Crippen molar-refractivity contribution in [2.24, 2.45) is 0 Å². The molecule has 0 unspecified atom stereocenters. The van der Waals surface area contributed by atoms with E-state index in [1.54, 1.807) is 0 Å². The standard InChI is InChI=1S/C18H11ClF6N4O/c19-13-2-1-3-14(28-13)29-15(18(23,24)25)12(9-27-29)16(30)26-8-10-4-6-11(7-5-10)17(20,21)22/h1-7,9H,8H2,(H,26,30). The molecule has 2 aromatic heterocycles. The van der Waals surface area contributed by atoms with E-state index in [9.17, 15) is 31.1 Å². The van der Waals surface area contributed by atoms with Gasteiger partial charge in [0.25, 0.3) is 5.91 Å². The minimum absolute atomic E-state index is 0.0653. The van der Waals surface area contributed by atoms with E-state index in [1.165, 1.54) is 18.2 Å². The molecule has 0 aliphatic heterocycles. The van der Waals surface area contributed by atoms with Crippen molar-refractivity contribution in [2.75, 3.05) is 0 Å². The minimum atomic E-state index is -4.94. The maximum atomic E-state index is 13.6. The number of hydrogen-bond donors (Lipinski definition) is 1. The number of carbonyl (C=O) groups excluding carboxylic acids is 1. The van der Waals surface area contributed by atoms with Gasteiger partial charge in [0, 0.05) is 6.54 Å². The van der Waals surface area contributed by atoms with Crippen LogP contribution in [0.5, 0.6) is 0 Å². The van der Waals surface area contributed by atoms with Crippen molar-refractivity contribution in [3.05, 3.63) is 76.2 Å². The molecule has 158 valence electrons. The largest absolute Gasteiger partial charge is 0.434 e. The van der Waals surface area contributed by atoms with Gasteiger partial charge in [-0.25, -0.2) is 9.67 Å². The summed E-state index contributed by atoms with van der Waals surface area (Å²) in [7, 11) is 0. The van der Waals surface area contributed by atoms with Crippen molar-refractivity contribution in [1.29, 1.82) is 0 Å². The highest BCUT2D eigenvalue weighted by Gasteiger charge is 2.41. The Labute approximate surface area is 170 Å². The van der Waals surface area contributed by atoms with Gasteiger partial charge in [-0.05, 0) is 29.8 Å². The summed E-state index contributed by atoms with van der Waals surface area (Å²) in [5.74, 6) is -1.34. The van der Waals surface area contributed by atoms with Crippen molar-refractivity contribution in [2.45, 2.75) is 18.9 Å². The molecule has 1 N–H and O–H groups in total. The normalized spacial score (nSPS) is 12.1. The second-order valence-corrected chi connectivity index (χ2v) is 6.40. The molecule has 3 rings (SSSR count). The average Bonchev–Trinajstić information content (AvgIpc) is 3.11. The van der Waals surface area contributed by atoms with E-state index in [-0.39, 0.29) is 23.1 Å². The Hall–Kier alpha value is -3.08. The number of halogens is 7. The summed E-state index contributed by atoms with van der Waals surface area (Å²) in [5, 5.41) is 5.78. The molecule has 1 amide bonds. The van der Waals surface area contributed by atoms with Gasteiger partial charge in [0.2, 0.25) is 0 Å². The van der Waals surface area contributed by atoms with E-state index in [4.69, 9.17) is 11.6 Å². The highest BCUT2D eigenvalue weighted by atomic mass is 35.5. The van der Waals surface area contributed by atoms with E-state index >= 15 is 0 Å². The summed E-state index contributed by atoms with van der Waals surface area (Å²) in [4.78, 5) is 16.1. The molecule has 0 bridgehead atoms. The number of nitrogens with one attached hydrogen (secondary N) is 1. The Bertz CT molecular complexity index is 1060. The van der Waals surface area contributed by atoms with E-state index in [1.807, 2.05) is 0 Å². The predicted octanol–water partition coefficient (Wildman–Crippen LogP) is 4.89. The maximum absolute atomic E-state index is 13.6. The fourth-order valence-corrected chi connectivity index (χ4v) is 2.73. The molecule has 12 heteroatoms. The summed E-state index contributed by atoms with van der Waals surface area (Å²) in [6.07, 6.45) is -8.73. The van der Waals surface area contributed by atoms with Crippen LogP contribution in [0.4, 0.5) is 26.3 Å². The number of rotatable bonds is 4. The second kappa shape index (κ2) is 7.98. The van der Waals surface area contributed by atoms with Crippen LogP contribution in [0.2, 0.25) is 5.15 Å². The highest BCUT2D eigenvalue weighted by Crippen LogP contribution is 2.33. The molecule has 0 aliphatic carbocycles. The number of benzene rings is 1. The molecule has 0 spiro atoms. The van der Waals surface area contributed by atoms with Gasteiger partial charge in [-0.2, -0.15) is 31.4 Å². The maximum Gasteiger partial charge on any atom is 0.434 e. The van der Waals surface area contributed by atoms with Crippen LogP contribution in [-0.4, -0.2) is 20.7 Å². The summed E-state index contributed by atoms with van der Waals surface area (Å²) in [6, 6.07) is 7.82. The average molecular weight is 449 g/mol. The summed E-state index contributed by atoms with van der Waals surface area (Å²) in [6.45, 7) is -0.283. The van der Waals surface area contributed by atoms with E-state index < -0.39 is 35.1 Å². The Balaban J connectivity index is 1.84. The number of aromatic nitrogens is 3. The Morgan fingerprint density at radius 2 is 1.67 bits per heavy atom. The first-order chi connectivity index (χ1) is 14.0. The van der Waals surface area contributed by atoms with Crippen molar-refractivity contribution in [1.82, 2.24) is 20.1 Å². The third kappa shape index (κ3) is 4.73. The van der Waals surface area contributed by atoms with Crippen LogP contribution >= 0.6 is 11.6 Å². The van der Waals surface area contributed by atoms with Gasteiger partial charge < -0.3 is 5.32 Å². The zero-order valence-electron chi connectivity index (χ0n) is 14.7. The van der Waals surface area contributed by atoms with E-state index in [2.05, 4.69) is 15.4 Å². The molecule has 30 heavy (non-hydrogen) atoms. The van der Waals surface area contributed by atoms with Gasteiger partial charge in [-0.3, -0.25) is 4.79 Å². The molecular formula is C18H11ClF6N4O. The third-order valence-electron chi connectivity index (χ3n) is 3.93. The van der Waals surface area contributed by atoms with Crippen LogP contribution in [0.3, 0.4) is 0 Å². The lowest BCUT2D eigenvalue weighted by atomic mass is 10.1. The smallest absolute Gasteiger partial charge is 0.348 e. The van der Waals surface area contributed by atoms with E-state index in [0.29, 0.717) is 4.68 Å². The van der Waals surface area contributed by atoms with Gasteiger partial charge in [0.1, 0.15) is 5.15 Å². The monoisotopic (exact) mass is 448 g/mol. The molecule has 0 atom stereocenters. The van der Waals surface area contributed by atoms with Gasteiger partial charge in [-0.15, -0.1) is 0 Å². The van der Waals surface area contributed by atoms with Crippen molar-refractivity contribution in [3.8, 4) is 5.82 Å². The van der Waals surface area contributed by atoms with Crippen molar-refractivity contribution >= 4 is 17.5 Å². The predicted molar refractivity (Wildman–Crippen MR) is 94.0 cm³/mol. The summed E-state index contributed by atoms with van der Waals surface area (Å²) < 4.78 is 79.0. The molecule has 1 aromatic carbocycles. The zero-order chi connectivity index (χ0) is 22.1. The summed E-state index contributed by atoms with van der Waals surface area (Å²) in [5.41, 5.74) is -2.74. The molecule has 0 saturated carbocycles. The lowest BCUT2D eigenvalue weighted by molar-refractivity contribution is -0.143. The fourth-order valence-electron chi connectivity index (χ4n) is 2.57. The molecule has 0 fully saturated rings. The first kappa shape index (κ1) is 21.6. The van der Waals surface area contributed by atoms with Crippen molar-refractivity contribution < 1.29 is 31.1 Å². The van der Waals surface area contributed by atoms with Gasteiger partial charge >= 0.3 is 12.4 Å².